The average molecular weight is 230 g/mol. The second kappa shape index (κ2) is 4.41. The van der Waals surface area contributed by atoms with Crippen molar-refractivity contribution in [3.05, 3.63) is 35.5 Å². The summed E-state index contributed by atoms with van der Waals surface area (Å²) in [5.41, 5.74) is 7.75. The summed E-state index contributed by atoms with van der Waals surface area (Å²) in [6.45, 7) is 1.89. The van der Waals surface area contributed by atoms with Crippen LogP contribution in [-0.4, -0.2) is 18.0 Å². The van der Waals surface area contributed by atoms with E-state index in [0.29, 0.717) is 5.75 Å². The number of benzene rings is 1. The smallest absolute Gasteiger partial charge is 0.221 e. The molecule has 0 saturated carbocycles. The van der Waals surface area contributed by atoms with Crippen LogP contribution in [0.3, 0.4) is 0 Å². The minimum absolute atomic E-state index is 0.215. The number of amides is 1. The molecule has 2 N–H and O–H groups in total. The molecular weight excluding hydrogens is 216 g/mol. The Hall–Kier alpha value is -2.10. The van der Waals surface area contributed by atoms with Gasteiger partial charge in [0.15, 0.2) is 0 Å². The lowest BCUT2D eigenvalue weighted by Crippen LogP contribution is -2.14. The summed E-state index contributed by atoms with van der Waals surface area (Å²) in [4.78, 5) is 15.5. The van der Waals surface area contributed by atoms with E-state index in [-0.39, 0.29) is 12.3 Å². The SMILES string of the molecule is COc1cccc2c(CC(N)=O)cc(C)nc12. The molecule has 1 aromatic heterocycles. The highest BCUT2D eigenvalue weighted by atomic mass is 16.5. The summed E-state index contributed by atoms with van der Waals surface area (Å²) >= 11 is 0. The van der Waals surface area contributed by atoms with Crippen molar-refractivity contribution in [3.8, 4) is 5.75 Å². The van der Waals surface area contributed by atoms with Crippen LogP contribution in [-0.2, 0) is 11.2 Å². The van der Waals surface area contributed by atoms with Crippen molar-refractivity contribution in [2.24, 2.45) is 5.73 Å². The van der Waals surface area contributed by atoms with Crippen molar-refractivity contribution in [2.75, 3.05) is 7.11 Å². The number of nitrogens with zero attached hydrogens (tertiary/aromatic N) is 1. The van der Waals surface area contributed by atoms with Gasteiger partial charge in [0.25, 0.3) is 0 Å². The normalized spacial score (nSPS) is 10.5. The number of para-hydroxylation sites is 1. The van der Waals surface area contributed by atoms with Crippen LogP contribution in [0.1, 0.15) is 11.3 Å². The van der Waals surface area contributed by atoms with Gasteiger partial charge in [-0.25, -0.2) is 4.98 Å². The second-order valence-electron chi connectivity index (χ2n) is 3.92. The first-order chi connectivity index (χ1) is 8.11. The van der Waals surface area contributed by atoms with Gasteiger partial charge in [0.05, 0.1) is 13.5 Å². The Morgan fingerprint density at radius 3 is 2.88 bits per heavy atom. The van der Waals surface area contributed by atoms with Gasteiger partial charge in [-0.2, -0.15) is 0 Å². The minimum Gasteiger partial charge on any atom is -0.494 e. The fraction of sp³-hybridized carbons (Fsp3) is 0.231. The van der Waals surface area contributed by atoms with Gasteiger partial charge in [-0.05, 0) is 24.6 Å². The summed E-state index contributed by atoms with van der Waals surface area (Å²) in [6, 6.07) is 7.53. The number of pyridine rings is 1. The van der Waals surface area contributed by atoms with Crippen LogP contribution < -0.4 is 10.5 Å². The maximum Gasteiger partial charge on any atom is 0.221 e. The molecule has 1 heterocycles. The Morgan fingerprint density at radius 1 is 1.47 bits per heavy atom. The van der Waals surface area contributed by atoms with Crippen molar-refractivity contribution < 1.29 is 9.53 Å². The predicted octanol–water partition coefficient (Wildman–Crippen LogP) is 1.58. The zero-order chi connectivity index (χ0) is 12.4. The van der Waals surface area contributed by atoms with Crippen LogP contribution in [0.2, 0.25) is 0 Å². The van der Waals surface area contributed by atoms with E-state index in [4.69, 9.17) is 10.5 Å². The monoisotopic (exact) mass is 230 g/mol. The van der Waals surface area contributed by atoms with Crippen LogP contribution in [0.25, 0.3) is 10.9 Å². The number of rotatable bonds is 3. The van der Waals surface area contributed by atoms with Gasteiger partial charge >= 0.3 is 0 Å². The van der Waals surface area contributed by atoms with Gasteiger partial charge in [0, 0.05) is 11.1 Å². The van der Waals surface area contributed by atoms with E-state index in [1.165, 1.54) is 0 Å². The molecule has 0 radical (unpaired) electrons. The van der Waals surface area contributed by atoms with E-state index < -0.39 is 0 Å². The zero-order valence-corrected chi connectivity index (χ0v) is 9.86. The van der Waals surface area contributed by atoms with Crippen molar-refractivity contribution >= 4 is 16.8 Å². The fourth-order valence-corrected chi connectivity index (χ4v) is 1.93. The Labute approximate surface area is 99.4 Å². The molecule has 0 spiro atoms. The number of hydrogen-bond acceptors (Lipinski definition) is 3. The lowest BCUT2D eigenvalue weighted by atomic mass is 10.0. The molecule has 0 fully saturated rings. The Balaban J connectivity index is 2.71. The molecule has 2 aromatic rings. The lowest BCUT2D eigenvalue weighted by Gasteiger charge is -2.09. The molecule has 17 heavy (non-hydrogen) atoms. The number of carbonyl (C=O) groups excluding carboxylic acids is 1. The molecule has 88 valence electrons. The third-order valence-corrected chi connectivity index (χ3v) is 2.60. The quantitative estimate of drug-likeness (QED) is 0.870. The van der Waals surface area contributed by atoms with E-state index in [2.05, 4.69) is 4.98 Å². The topological polar surface area (TPSA) is 65.2 Å². The molecule has 1 amide bonds. The van der Waals surface area contributed by atoms with Gasteiger partial charge < -0.3 is 10.5 Å². The van der Waals surface area contributed by atoms with Gasteiger partial charge in [-0.15, -0.1) is 0 Å². The van der Waals surface area contributed by atoms with E-state index in [9.17, 15) is 4.79 Å². The highest BCUT2D eigenvalue weighted by Gasteiger charge is 2.09. The van der Waals surface area contributed by atoms with Gasteiger partial charge in [-0.3, -0.25) is 4.79 Å². The standard InChI is InChI=1S/C13H14N2O2/c1-8-6-9(7-12(14)16)10-4-3-5-11(17-2)13(10)15-8/h3-6H,7H2,1-2H3,(H2,14,16). The number of primary amides is 1. The molecule has 4 heteroatoms. The summed E-state index contributed by atoms with van der Waals surface area (Å²) < 4.78 is 5.26. The minimum atomic E-state index is -0.347. The number of aryl methyl sites for hydroxylation is 1. The van der Waals surface area contributed by atoms with Gasteiger partial charge in [0.1, 0.15) is 11.3 Å². The van der Waals surface area contributed by atoms with Crippen molar-refractivity contribution in [1.29, 1.82) is 0 Å². The second-order valence-corrected chi connectivity index (χ2v) is 3.92. The number of fused-ring (bicyclic) bond motifs is 1. The largest absolute Gasteiger partial charge is 0.494 e. The number of ether oxygens (including phenoxy) is 1. The fourth-order valence-electron chi connectivity index (χ4n) is 1.93. The van der Waals surface area contributed by atoms with Crippen LogP contribution >= 0.6 is 0 Å². The van der Waals surface area contributed by atoms with Crippen molar-refractivity contribution in [2.45, 2.75) is 13.3 Å². The summed E-state index contributed by atoms with van der Waals surface area (Å²) in [5.74, 6) is 0.358. The van der Waals surface area contributed by atoms with E-state index in [0.717, 1.165) is 22.2 Å². The molecule has 0 saturated heterocycles. The number of methoxy groups -OCH3 is 1. The van der Waals surface area contributed by atoms with E-state index >= 15 is 0 Å². The zero-order valence-electron chi connectivity index (χ0n) is 9.86. The Bertz CT molecular complexity index is 579. The molecular formula is C13H14N2O2. The predicted molar refractivity (Wildman–Crippen MR) is 65.9 cm³/mol. The summed E-state index contributed by atoms with van der Waals surface area (Å²) in [5, 5.41) is 0.911. The highest BCUT2D eigenvalue weighted by molar-refractivity contribution is 5.91. The number of nitrogens with two attached hydrogens (primary N) is 1. The third-order valence-electron chi connectivity index (χ3n) is 2.60. The molecule has 1 aromatic carbocycles. The first-order valence-electron chi connectivity index (χ1n) is 5.33. The highest BCUT2D eigenvalue weighted by Crippen LogP contribution is 2.26. The first kappa shape index (κ1) is 11.4. The van der Waals surface area contributed by atoms with Gasteiger partial charge in [-0.1, -0.05) is 12.1 Å². The molecule has 0 aliphatic carbocycles. The Morgan fingerprint density at radius 2 is 2.24 bits per heavy atom. The van der Waals surface area contributed by atoms with Crippen molar-refractivity contribution in [1.82, 2.24) is 4.98 Å². The summed E-state index contributed by atoms with van der Waals surface area (Å²) in [6.07, 6.45) is 0.215. The Kier molecular flexibility index (Phi) is 2.95. The number of carbonyl (C=O) groups is 1. The maximum atomic E-state index is 11.0. The number of hydrogen-bond donors (Lipinski definition) is 1. The maximum absolute atomic E-state index is 11.0. The molecule has 0 unspecified atom stereocenters. The lowest BCUT2D eigenvalue weighted by molar-refractivity contribution is -0.117. The molecule has 0 atom stereocenters. The van der Waals surface area contributed by atoms with Crippen LogP contribution in [0, 0.1) is 6.92 Å². The molecule has 4 nitrogen and oxygen atoms in total. The molecule has 0 bridgehead atoms. The van der Waals surface area contributed by atoms with Crippen molar-refractivity contribution in [3.63, 3.8) is 0 Å². The van der Waals surface area contributed by atoms with Gasteiger partial charge in [0.2, 0.25) is 5.91 Å². The van der Waals surface area contributed by atoms with Crippen LogP contribution in [0.15, 0.2) is 24.3 Å². The molecule has 0 aliphatic rings. The average Bonchev–Trinajstić information content (AvgIpc) is 2.27. The third kappa shape index (κ3) is 2.20. The van der Waals surface area contributed by atoms with E-state index in [1.807, 2.05) is 31.2 Å². The number of aromatic nitrogens is 1. The van der Waals surface area contributed by atoms with Crippen LogP contribution in [0.5, 0.6) is 5.75 Å². The molecule has 0 aliphatic heterocycles. The first-order valence-corrected chi connectivity index (χ1v) is 5.33. The molecule has 2 rings (SSSR count). The summed E-state index contributed by atoms with van der Waals surface area (Å²) in [7, 11) is 1.60. The van der Waals surface area contributed by atoms with E-state index in [1.54, 1.807) is 7.11 Å². The van der Waals surface area contributed by atoms with Crippen LogP contribution in [0.4, 0.5) is 0 Å².